The number of aromatic nitrogens is 2. The first-order valence-electron chi connectivity index (χ1n) is 8.10. The van der Waals surface area contributed by atoms with Crippen LogP contribution >= 0.6 is 0 Å². The second-order valence-electron chi connectivity index (χ2n) is 6.49. The van der Waals surface area contributed by atoms with Crippen LogP contribution in [0.1, 0.15) is 36.2 Å². The number of benzene rings is 1. The van der Waals surface area contributed by atoms with Crippen LogP contribution in [-0.4, -0.2) is 34.2 Å². The number of ether oxygens (including phenoxy) is 1. The van der Waals surface area contributed by atoms with Gasteiger partial charge in [0.1, 0.15) is 11.9 Å². The van der Waals surface area contributed by atoms with Gasteiger partial charge in [-0.05, 0) is 49.9 Å². The van der Waals surface area contributed by atoms with E-state index >= 15 is 0 Å². The summed E-state index contributed by atoms with van der Waals surface area (Å²) in [5.41, 5.74) is 1.13. The van der Waals surface area contributed by atoms with Crippen molar-refractivity contribution in [3.05, 3.63) is 47.4 Å². The average Bonchev–Trinajstić information content (AvgIpc) is 3.15. The molecular formula is C17H20FN3O2. The van der Waals surface area contributed by atoms with Crippen LogP contribution < -0.4 is 0 Å². The lowest BCUT2D eigenvalue weighted by Crippen LogP contribution is -2.41. The Hall–Kier alpha value is -1.79. The van der Waals surface area contributed by atoms with Gasteiger partial charge in [0.2, 0.25) is 0 Å². The van der Waals surface area contributed by atoms with E-state index in [9.17, 15) is 4.39 Å². The number of rotatable bonds is 3. The molecule has 3 atom stereocenters. The number of fused-ring (bicyclic) bond motifs is 1. The Labute approximate surface area is 134 Å². The number of nitrogens with zero attached hydrogens (tertiary/aromatic N) is 3. The van der Waals surface area contributed by atoms with Crippen LogP contribution in [0.4, 0.5) is 4.39 Å². The van der Waals surface area contributed by atoms with Gasteiger partial charge < -0.3 is 9.26 Å². The van der Waals surface area contributed by atoms with Crippen molar-refractivity contribution in [2.24, 2.45) is 5.92 Å². The molecule has 2 saturated heterocycles. The third kappa shape index (κ3) is 3.14. The van der Waals surface area contributed by atoms with Gasteiger partial charge in [0.25, 0.3) is 5.89 Å². The van der Waals surface area contributed by atoms with E-state index in [1.54, 1.807) is 0 Å². The molecule has 23 heavy (non-hydrogen) atoms. The van der Waals surface area contributed by atoms with E-state index in [-0.39, 0.29) is 18.0 Å². The molecule has 0 aliphatic carbocycles. The molecular weight excluding hydrogens is 297 g/mol. The molecule has 3 heterocycles. The summed E-state index contributed by atoms with van der Waals surface area (Å²) in [6, 6.07) is 6.73. The zero-order chi connectivity index (χ0) is 15.8. The molecule has 2 aromatic rings. The fourth-order valence-electron chi connectivity index (χ4n) is 3.59. The summed E-state index contributed by atoms with van der Waals surface area (Å²) in [6.07, 6.45) is 2.20. The molecule has 2 aliphatic heterocycles. The van der Waals surface area contributed by atoms with Crippen molar-refractivity contribution in [2.45, 2.75) is 38.5 Å². The van der Waals surface area contributed by atoms with Crippen LogP contribution in [0.25, 0.3) is 0 Å². The first-order valence-corrected chi connectivity index (χ1v) is 8.10. The van der Waals surface area contributed by atoms with Crippen molar-refractivity contribution in [2.75, 3.05) is 13.1 Å². The summed E-state index contributed by atoms with van der Waals surface area (Å²) < 4.78 is 24.4. The molecule has 2 aliphatic rings. The van der Waals surface area contributed by atoms with Crippen LogP contribution in [0.15, 0.2) is 28.8 Å². The van der Waals surface area contributed by atoms with E-state index < -0.39 is 0 Å². The van der Waals surface area contributed by atoms with Gasteiger partial charge in [-0.15, -0.1) is 0 Å². The molecule has 1 aromatic heterocycles. The van der Waals surface area contributed by atoms with Crippen LogP contribution in [0.2, 0.25) is 0 Å². The number of hydrogen-bond donors (Lipinski definition) is 0. The first-order chi connectivity index (χ1) is 11.2. The van der Waals surface area contributed by atoms with Gasteiger partial charge in [0.05, 0.1) is 6.10 Å². The fourth-order valence-corrected chi connectivity index (χ4v) is 3.59. The minimum Gasteiger partial charge on any atom is -0.364 e. The molecule has 0 N–H and O–H groups in total. The largest absolute Gasteiger partial charge is 0.364 e. The van der Waals surface area contributed by atoms with Crippen LogP contribution in [0.3, 0.4) is 0 Å². The molecule has 2 fully saturated rings. The third-order valence-electron chi connectivity index (χ3n) is 4.77. The van der Waals surface area contributed by atoms with E-state index in [0.717, 1.165) is 38.0 Å². The molecule has 0 radical (unpaired) electrons. The number of likely N-dealkylation sites (tertiary alicyclic amines) is 1. The van der Waals surface area contributed by atoms with Crippen molar-refractivity contribution in [1.82, 2.24) is 15.0 Å². The first kappa shape index (κ1) is 14.8. The summed E-state index contributed by atoms with van der Waals surface area (Å²) in [4.78, 5) is 6.66. The molecule has 5 nitrogen and oxygen atoms in total. The summed E-state index contributed by atoms with van der Waals surface area (Å²) in [5, 5.41) is 3.85. The molecule has 0 spiro atoms. The summed E-state index contributed by atoms with van der Waals surface area (Å²) in [5.74, 6) is 1.61. The quantitative estimate of drug-likeness (QED) is 0.871. The average molecular weight is 317 g/mol. The summed E-state index contributed by atoms with van der Waals surface area (Å²) in [6.45, 7) is 4.58. The minimum atomic E-state index is -0.190. The fraction of sp³-hybridized carbons (Fsp3) is 0.529. The van der Waals surface area contributed by atoms with Crippen molar-refractivity contribution in [3.63, 3.8) is 0 Å². The standard InChI is InChI=1S/C17H20FN3O2/c1-11-19-17(23-20-11)15-8-13-6-7-21(10-16(13)22-15)9-12-2-4-14(18)5-3-12/h2-5,13,15-16H,6-10H2,1H3/t13-,15-,16+/m0/s1. The maximum atomic E-state index is 13.0. The number of hydrogen-bond acceptors (Lipinski definition) is 5. The highest BCUT2D eigenvalue weighted by Crippen LogP contribution is 2.40. The lowest BCUT2D eigenvalue weighted by molar-refractivity contribution is -0.0189. The van der Waals surface area contributed by atoms with Crippen molar-refractivity contribution in [1.29, 1.82) is 0 Å². The highest BCUT2D eigenvalue weighted by molar-refractivity contribution is 5.16. The molecule has 122 valence electrons. The maximum Gasteiger partial charge on any atom is 0.255 e. The van der Waals surface area contributed by atoms with Crippen LogP contribution in [0.5, 0.6) is 0 Å². The molecule has 4 rings (SSSR count). The Balaban J connectivity index is 1.38. The van der Waals surface area contributed by atoms with Gasteiger partial charge in [-0.2, -0.15) is 4.98 Å². The normalized spacial score (nSPS) is 28.0. The van der Waals surface area contributed by atoms with E-state index in [0.29, 0.717) is 17.6 Å². The van der Waals surface area contributed by atoms with Gasteiger partial charge in [-0.25, -0.2) is 4.39 Å². The minimum absolute atomic E-state index is 0.0722. The predicted molar refractivity (Wildman–Crippen MR) is 81.1 cm³/mol. The van der Waals surface area contributed by atoms with Crippen molar-refractivity contribution in [3.8, 4) is 0 Å². The van der Waals surface area contributed by atoms with Gasteiger partial charge in [0.15, 0.2) is 5.82 Å². The Morgan fingerprint density at radius 1 is 1.30 bits per heavy atom. The van der Waals surface area contributed by atoms with Crippen molar-refractivity contribution >= 4 is 0 Å². The zero-order valence-corrected chi connectivity index (χ0v) is 13.1. The molecule has 0 amide bonds. The number of piperidine rings is 1. The van der Waals surface area contributed by atoms with Gasteiger partial charge in [-0.3, -0.25) is 4.90 Å². The summed E-state index contributed by atoms with van der Waals surface area (Å²) in [7, 11) is 0. The Bertz CT molecular complexity index is 673. The Kier molecular flexibility index (Phi) is 3.87. The van der Waals surface area contributed by atoms with E-state index in [4.69, 9.17) is 9.26 Å². The predicted octanol–water partition coefficient (Wildman–Crippen LogP) is 2.87. The maximum absolute atomic E-state index is 13.0. The number of aryl methyl sites for hydroxylation is 1. The second-order valence-corrected chi connectivity index (χ2v) is 6.49. The van der Waals surface area contributed by atoms with Crippen LogP contribution in [0, 0.1) is 18.7 Å². The van der Waals surface area contributed by atoms with Gasteiger partial charge >= 0.3 is 0 Å². The molecule has 6 heteroatoms. The Morgan fingerprint density at radius 2 is 2.13 bits per heavy atom. The SMILES string of the molecule is Cc1noc([C@@H]2C[C@@H]3CCN(Cc4ccc(F)cc4)C[C@H]3O2)n1. The van der Waals surface area contributed by atoms with Gasteiger partial charge in [0, 0.05) is 13.1 Å². The monoisotopic (exact) mass is 317 g/mol. The van der Waals surface area contributed by atoms with E-state index in [2.05, 4.69) is 15.0 Å². The molecule has 0 unspecified atom stereocenters. The number of halogens is 1. The molecule has 0 bridgehead atoms. The van der Waals surface area contributed by atoms with Crippen LogP contribution in [-0.2, 0) is 11.3 Å². The smallest absolute Gasteiger partial charge is 0.255 e. The molecule has 1 aromatic carbocycles. The zero-order valence-electron chi connectivity index (χ0n) is 13.1. The molecule has 0 saturated carbocycles. The van der Waals surface area contributed by atoms with Gasteiger partial charge in [-0.1, -0.05) is 17.3 Å². The van der Waals surface area contributed by atoms with Crippen molar-refractivity contribution < 1.29 is 13.7 Å². The van der Waals surface area contributed by atoms with E-state index in [1.165, 1.54) is 12.1 Å². The third-order valence-corrected chi connectivity index (χ3v) is 4.77. The highest BCUT2D eigenvalue weighted by atomic mass is 19.1. The lowest BCUT2D eigenvalue weighted by atomic mass is 9.91. The van der Waals surface area contributed by atoms with E-state index in [1.807, 2.05) is 19.1 Å². The summed E-state index contributed by atoms with van der Waals surface area (Å²) >= 11 is 0. The highest BCUT2D eigenvalue weighted by Gasteiger charge is 2.41. The lowest BCUT2D eigenvalue weighted by Gasteiger charge is -2.34. The Morgan fingerprint density at radius 3 is 2.87 bits per heavy atom. The second kappa shape index (κ2) is 6.02. The topological polar surface area (TPSA) is 51.4 Å².